The van der Waals surface area contributed by atoms with Crippen LogP contribution in [0.3, 0.4) is 0 Å². The molecular weight excluding hydrogens is 240 g/mol. The molecule has 1 unspecified atom stereocenters. The van der Waals surface area contributed by atoms with Crippen LogP contribution in [0.25, 0.3) is 0 Å². The quantitative estimate of drug-likeness (QED) is 0.481. The minimum Gasteiger partial charge on any atom is -0.462 e. The van der Waals surface area contributed by atoms with Crippen molar-refractivity contribution >= 4 is 5.97 Å². The van der Waals surface area contributed by atoms with Crippen molar-refractivity contribution < 1.29 is 14.6 Å². The first-order chi connectivity index (χ1) is 9.02. The van der Waals surface area contributed by atoms with Crippen LogP contribution in [0.1, 0.15) is 46.0 Å². The van der Waals surface area contributed by atoms with E-state index in [0.717, 1.165) is 12.8 Å². The summed E-state index contributed by atoms with van der Waals surface area (Å²) in [5.41, 5.74) is -0.814. The second-order valence-corrected chi connectivity index (χ2v) is 5.78. The lowest BCUT2D eigenvalue weighted by molar-refractivity contribution is -0.141. The molecule has 3 nitrogen and oxygen atoms in total. The first kappa shape index (κ1) is 14.1. The molecule has 1 heterocycles. The Morgan fingerprint density at radius 3 is 3.05 bits per heavy atom. The summed E-state index contributed by atoms with van der Waals surface area (Å²) >= 11 is 0. The van der Waals surface area contributed by atoms with E-state index in [2.05, 4.69) is 17.9 Å². The van der Waals surface area contributed by atoms with Crippen molar-refractivity contribution in [2.24, 2.45) is 11.8 Å². The van der Waals surface area contributed by atoms with Gasteiger partial charge >= 0.3 is 5.97 Å². The van der Waals surface area contributed by atoms with Gasteiger partial charge in [-0.3, -0.25) is 4.79 Å². The maximum atomic E-state index is 11.3. The lowest BCUT2D eigenvalue weighted by Crippen LogP contribution is -2.21. The second kappa shape index (κ2) is 5.79. The molecule has 0 spiro atoms. The number of esters is 1. The average Bonchev–Trinajstić information content (AvgIpc) is 2.86. The van der Waals surface area contributed by atoms with Gasteiger partial charge in [-0.1, -0.05) is 12.2 Å². The average molecular weight is 262 g/mol. The molecule has 0 amide bonds. The van der Waals surface area contributed by atoms with E-state index in [1.807, 2.05) is 13.0 Å². The van der Waals surface area contributed by atoms with Gasteiger partial charge in [0, 0.05) is 12.3 Å². The summed E-state index contributed by atoms with van der Waals surface area (Å²) < 4.78 is 5.27. The van der Waals surface area contributed by atoms with Gasteiger partial charge in [0.2, 0.25) is 0 Å². The summed E-state index contributed by atoms with van der Waals surface area (Å²) in [6, 6.07) is 0. The fraction of sp³-hybridized carbons (Fsp3) is 0.688. The maximum Gasteiger partial charge on any atom is 0.306 e. The molecule has 0 aromatic carbocycles. The first-order valence-corrected chi connectivity index (χ1v) is 7.02. The van der Waals surface area contributed by atoms with Crippen molar-refractivity contribution in [1.82, 2.24) is 0 Å². The highest BCUT2D eigenvalue weighted by atomic mass is 16.5. The van der Waals surface area contributed by atoms with Gasteiger partial charge < -0.3 is 9.84 Å². The third kappa shape index (κ3) is 3.61. The van der Waals surface area contributed by atoms with Gasteiger partial charge in [0.15, 0.2) is 0 Å². The van der Waals surface area contributed by atoms with Crippen molar-refractivity contribution in [2.45, 2.75) is 57.7 Å². The number of rotatable bonds is 4. The second-order valence-electron chi connectivity index (χ2n) is 5.78. The molecule has 1 N–H and O–H groups in total. The zero-order valence-corrected chi connectivity index (χ0v) is 11.7. The molecule has 0 radical (unpaired) electrons. The van der Waals surface area contributed by atoms with Gasteiger partial charge in [-0.05, 0) is 39.0 Å². The van der Waals surface area contributed by atoms with E-state index in [1.54, 1.807) is 6.92 Å². The van der Waals surface area contributed by atoms with Crippen molar-refractivity contribution in [2.75, 3.05) is 0 Å². The van der Waals surface area contributed by atoms with E-state index in [1.165, 1.54) is 0 Å². The number of allylic oxidation sites excluding steroid dienone is 1. The van der Waals surface area contributed by atoms with Crippen molar-refractivity contribution in [1.29, 1.82) is 0 Å². The zero-order chi connectivity index (χ0) is 13.9. The van der Waals surface area contributed by atoms with Crippen LogP contribution < -0.4 is 0 Å². The third-order valence-corrected chi connectivity index (χ3v) is 4.13. The summed E-state index contributed by atoms with van der Waals surface area (Å²) in [5.74, 6) is 6.40. The molecule has 0 aromatic heterocycles. The van der Waals surface area contributed by atoms with Crippen LogP contribution in [-0.4, -0.2) is 22.8 Å². The maximum absolute atomic E-state index is 11.3. The van der Waals surface area contributed by atoms with Crippen molar-refractivity contribution in [3.8, 4) is 11.8 Å². The summed E-state index contributed by atoms with van der Waals surface area (Å²) in [6.45, 7) is 3.61. The molecule has 2 fully saturated rings. The number of carbonyl (C=O) groups excluding carboxylic acids is 1. The van der Waals surface area contributed by atoms with Crippen LogP contribution in [0.15, 0.2) is 12.2 Å². The van der Waals surface area contributed by atoms with Crippen LogP contribution >= 0.6 is 0 Å². The Bertz CT molecular complexity index is 425. The number of carbonyl (C=O) groups is 1. The summed E-state index contributed by atoms with van der Waals surface area (Å²) in [6.07, 6.45) is 7.93. The number of fused-ring (bicyclic) bond motifs is 1. The lowest BCUT2D eigenvalue weighted by Gasteiger charge is -2.19. The summed E-state index contributed by atoms with van der Waals surface area (Å²) in [4.78, 5) is 11.3. The topological polar surface area (TPSA) is 46.5 Å². The fourth-order valence-electron chi connectivity index (χ4n) is 2.99. The standard InChI is InChI=1S/C16H22O3/c1-3-4-5-9-16(2,18)10-8-12-6-7-14-13(12)11-15(17)19-14/h8,10,12-14,18H,5-7,9,11H2,1-2H3/b10-8+/t12-,13-,14+,16?/m1/s1. The Morgan fingerprint density at radius 2 is 2.32 bits per heavy atom. The first-order valence-electron chi connectivity index (χ1n) is 7.02. The predicted molar refractivity (Wildman–Crippen MR) is 73.2 cm³/mol. The highest BCUT2D eigenvalue weighted by Gasteiger charge is 2.43. The van der Waals surface area contributed by atoms with Gasteiger partial charge in [-0.25, -0.2) is 0 Å². The van der Waals surface area contributed by atoms with Gasteiger partial charge in [-0.15, -0.1) is 11.8 Å². The van der Waals surface area contributed by atoms with E-state index in [0.29, 0.717) is 31.1 Å². The highest BCUT2D eigenvalue weighted by molar-refractivity contribution is 5.72. The van der Waals surface area contributed by atoms with Crippen LogP contribution in [-0.2, 0) is 9.53 Å². The molecule has 0 aromatic rings. The number of hydrogen-bond donors (Lipinski definition) is 1. The Balaban J connectivity index is 1.90. The number of ether oxygens (including phenoxy) is 1. The van der Waals surface area contributed by atoms with Crippen LogP contribution in [0.4, 0.5) is 0 Å². The minimum atomic E-state index is -0.814. The van der Waals surface area contributed by atoms with E-state index in [9.17, 15) is 9.90 Å². The molecular formula is C16H22O3. The molecule has 2 aliphatic rings. The van der Waals surface area contributed by atoms with Crippen LogP contribution in [0.2, 0.25) is 0 Å². The molecule has 1 aliphatic heterocycles. The lowest BCUT2D eigenvalue weighted by atomic mass is 9.90. The minimum absolute atomic E-state index is 0.0712. The number of hydrogen-bond acceptors (Lipinski definition) is 3. The molecule has 3 heteroatoms. The number of aliphatic hydroxyl groups is 1. The Morgan fingerprint density at radius 1 is 1.53 bits per heavy atom. The Kier molecular flexibility index (Phi) is 4.31. The van der Waals surface area contributed by atoms with E-state index < -0.39 is 5.60 Å². The van der Waals surface area contributed by atoms with E-state index in [-0.39, 0.29) is 12.1 Å². The predicted octanol–water partition coefficient (Wildman–Crippen LogP) is 2.44. The monoisotopic (exact) mass is 262 g/mol. The zero-order valence-electron chi connectivity index (χ0n) is 11.7. The molecule has 2 rings (SSSR count). The molecule has 1 saturated heterocycles. The van der Waals surface area contributed by atoms with Gasteiger partial charge in [-0.2, -0.15) is 0 Å². The Labute approximate surface area is 115 Å². The fourth-order valence-corrected chi connectivity index (χ4v) is 2.99. The molecule has 0 bridgehead atoms. The largest absolute Gasteiger partial charge is 0.462 e. The van der Waals surface area contributed by atoms with Gasteiger partial charge in [0.05, 0.1) is 12.0 Å². The normalized spacial score (nSPS) is 32.6. The molecule has 19 heavy (non-hydrogen) atoms. The molecule has 104 valence electrons. The third-order valence-electron chi connectivity index (χ3n) is 4.13. The van der Waals surface area contributed by atoms with E-state index >= 15 is 0 Å². The molecule has 1 aliphatic carbocycles. The van der Waals surface area contributed by atoms with Gasteiger partial charge in [0.1, 0.15) is 6.10 Å². The molecule has 4 atom stereocenters. The SMILES string of the molecule is CC#CCCC(C)(O)/C=C/[C@H]1CC[C@@H]2OC(=O)C[C@@H]21. The summed E-state index contributed by atoms with van der Waals surface area (Å²) in [7, 11) is 0. The van der Waals surface area contributed by atoms with Crippen LogP contribution in [0.5, 0.6) is 0 Å². The van der Waals surface area contributed by atoms with Crippen LogP contribution in [0, 0.1) is 23.7 Å². The summed E-state index contributed by atoms with van der Waals surface area (Å²) in [5, 5.41) is 10.2. The van der Waals surface area contributed by atoms with Crippen molar-refractivity contribution in [3.05, 3.63) is 12.2 Å². The Hall–Kier alpha value is -1.27. The highest BCUT2D eigenvalue weighted by Crippen LogP contribution is 2.42. The van der Waals surface area contributed by atoms with E-state index in [4.69, 9.17) is 4.74 Å². The van der Waals surface area contributed by atoms with Crippen molar-refractivity contribution in [3.63, 3.8) is 0 Å². The molecule has 1 saturated carbocycles. The smallest absolute Gasteiger partial charge is 0.306 e. The van der Waals surface area contributed by atoms with Gasteiger partial charge in [0.25, 0.3) is 0 Å².